The van der Waals surface area contributed by atoms with Crippen LogP contribution < -0.4 is 4.74 Å². The molecule has 0 unspecified atom stereocenters. The lowest BCUT2D eigenvalue weighted by atomic mass is 9.48. The number of nitrogens with zero attached hydrogens (tertiary/aromatic N) is 2. The Morgan fingerprint density at radius 2 is 2.13 bits per heavy atom. The molecule has 1 aromatic carbocycles. The fourth-order valence-corrected chi connectivity index (χ4v) is 9.44. The van der Waals surface area contributed by atoms with E-state index in [-0.39, 0.29) is 30.1 Å². The third kappa shape index (κ3) is 3.59. The first kappa shape index (κ1) is 24.9. The summed E-state index contributed by atoms with van der Waals surface area (Å²) in [7, 11) is 1.90. The Balaban J connectivity index is 1.28. The van der Waals surface area contributed by atoms with Crippen molar-refractivity contribution in [3.05, 3.63) is 56.2 Å². The molecule has 3 heterocycles. The first-order chi connectivity index (χ1) is 18.3. The maximum absolute atomic E-state index is 13.4. The number of benzene rings is 1. The van der Waals surface area contributed by atoms with E-state index in [1.807, 2.05) is 29.5 Å². The number of thiophene rings is 1. The Labute approximate surface area is 236 Å². The van der Waals surface area contributed by atoms with Gasteiger partial charge in [-0.25, -0.2) is 0 Å². The number of hydrogen-bond donors (Lipinski definition) is 0. The van der Waals surface area contributed by atoms with Crippen molar-refractivity contribution in [2.75, 3.05) is 20.1 Å². The molecule has 200 valence electrons. The third-order valence-corrected chi connectivity index (χ3v) is 11.4. The first-order valence-corrected chi connectivity index (χ1v) is 15.4. The Hall–Kier alpha value is -2.16. The molecule has 3 fully saturated rings. The zero-order valence-corrected chi connectivity index (χ0v) is 24.2. The number of carbonyl (C=O) groups excluding carboxylic acids is 2. The minimum Gasteiger partial charge on any atom is -0.487 e. The Bertz CT molecular complexity index is 1340. The fraction of sp³-hybridized carbons (Fsp3) is 0.533. The Kier molecular flexibility index (Phi) is 5.84. The van der Waals surface area contributed by atoms with Gasteiger partial charge in [0, 0.05) is 46.9 Å². The highest BCUT2D eigenvalue weighted by Gasteiger charge is 2.75. The highest BCUT2D eigenvalue weighted by molar-refractivity contribution is 9.10. The van der Waals surface area contributed by atoms with E-state index >= 15 is 0 Å². The number of ether oxygens (including phenoxy) is 2. The van der Waals surface area contributed by atoms with Gasteiger partial charge in [0.15, 0.2) is 0 Å². The van der Waals surface area contributed by atoms with Gasteiger partial charge in [0.05, 0.1) is 17.5 Å². The summed E-state index contributed by atoms with van der Waals surface area (Å²) in [6.07, 6.45) is 9.10. The number of likely N-dealkylation sites (tertiary alicyclic amines) is 1. The maximum atomic E-state index is 13.4. The van der Waals surface area contributed by atoms with Crippen LogP contribution in [0.4, 0.5) is 0 Å². The van der Waals surface area contributed by atoms with E-state index in [1.165, 1.54) is 24.0 Å². The summed E-state index contributed by atoms with van der Waals surface area (Å²) >= 11 is 5.08. The second-order valence-electron chi connectivity index (χ2n) is 11.7. The van der Waals surface area contributed by atoms with Crippen LogP contribution in [0.2, 0.25) is 0 Å². The van der Waals surface area contributed by atoms with E-state index in [2.05, 4.69) is 39.0 Å². The van der Waals surface area contributed by atoms with Crippen molar-refractivity contribution >= 4 is 45.2 Å². The predicted octanol–water partition coefficient (Wildman–Crippen LogP) is 5.19. The smallest absolute Gasteiger partial charge is 0.303 e. The van der Waals surface area contributed by atoms with Crippen molar-refractivity contribution in [2.24, 2.45) is 5.92 Å². The van der Waals surface area contributed by atoms with Crippen molar-refractivity contribution in [3.8, 4) is 5.75 Å². The molecule has 38 heavy (non-hydrogen) atoms. The number of halogens is 1. The van der Waals surface area contributed by atoms with Crippen molar-refractivity contribution in [3.63, 3.8) is 0 Å². The second-order valence-corrected chi connectivity index (χ2v) is 13.6. The van der Waals surface area contributed by atoms with Crippen molar-refractivity contribution in [2.45, 2.75) is 74.7 Å². The standard InChI is InChI=1S/C30H33BrN2O4S/c1-18(34)37-30-11-10-23(32(2)26(35)9-8-22-15-21(31)17-38-22)28-29(30)12-13-33(16-19-6-7-19)25(30)14-20-4-3-5-24(36-28)27(20)29/h3-5,8-9,15,17,19,23,25,28H,6-7,10-14,16H2,1-2H3/b9-8+/t23-,25-,28+,29+,30-/m1/s1. The van der Waals surface area contributed by atoms with Gasteiger partial charge in [-0.05, 0) is 90.7 Å². The molecule has 2 bridgehead atoms. The van der Waals surface area contributed by atoms with Crippen LogP contribution in [0, 0.1) is 5.92 Å². The van der Waals surface area contributed by atoms with Crippen molar-refractivity contribution < 1.29 is 19.1 Å². The minimum atomic E-state index is -0.643. The molecule has 1 saturated heterocycles. The largest absolute Gasteiger partial charge is 0.487 e. The molecule has 1 spiro atoms. The van der Waals surface area contributed by atoms with Crippen LogP contribution in [-0.2, 0) is 26.2 Å². The molecular formula is C30H33BrN2O4S. The summed E-state index contributed by atoms with van der Waals surface area (Å²) in [6.45, 7) is 3.60. The molecule has 2 aliphatic heterocycles. The summed E-state index contributed by atoms with van der Waals surface area (Å²) < 4.78 is 14.4. The molecule has 0 radical (unpaired) electrons. The lowest BCUT2D eigenvalue weighted by molar-refractivity contribution is -0.223. The molecule has 3 aliphatic carbocycles. The third-order valence-electron chi connectivity index (χ3n) is 9.74. The number of esters is 1. The minimum absolute atomic E-state index is 0.0331. The van der Waals surface area contributed by atoms with Gasteiger partial charge in [0.1, 0.15) is 17.5 Å². The van der Waals surface area contributed by atoms with Crippen LogP contribution in [0.15, 0.2) is 40.2 Å². The molecule has 2 aromatic rings. The molecule has 1 aromatic heterocycles. The quantitative estimate of drug-likeness (QED) is 0.339. The number of carbonyl (C=O) groups is 2. The first-order valence-electron chi connectivity index (χ1n) is 13.7. The van der Waals surface area contributed by atoms with Gasteiger partial charge < -0.3 is 14.4 Å². The van der Waals surface area contributed by atoms with Crippen LogP contribution in [0.25, 0.3) is 6.08 Å². The highest BCUT2D eigenvalue weighted by Crippen LogP contribution is 2.66. The van der Waals surface area contributed by atoms with E-state index in [0.717, 1.165) is 59.8 Å². The number of likely N-dealkylation sites (N-methyl/N-ethyl adjacent to an activating group) is 1. The van der Waals surface area contributed by atoms with Crippen LogP contribution in [0.5, 0.6) is 5.75 Å². The highest BCUT2D eigenvalue weighted by atomic mass is 79.9. The molecular weight excluding hydrogens is 564 g/mol. The van der Waals surface area contributed by atoms with E-state index in [9.17, 15) is 9.59 Å². The van der Waals surface area contributed by atoms with E-state index < -0.39 is 11.0 Å². The van der Waals surface area contributed by atoms with E-state index in [1.54, 1.807) is 24.3 Å². The fourth-order valence-electron chi connectivity index (χ4n) is 8.11. The number of rotatable bonds is 6. The van der Waals surface area contributed by atoms with Gasteiger partial charge in [0.2, 0.25) is 5.91 Å². The molecule has 7 rings (SSSR count). The topological polar surface area (TPSA) is 59.1 Å². The molecule has 2 saturated carbocycles. The Morgan fingerprint density at radius 3 is 2.87 bits per heavy atom. The molecule has 1 amide bonds. The summed E-state index contributed by atoms with van der Waals surface area (Å²) in [4.78, 5) is 31.7. The lowest BCUT2D eigenvalue weighted by Gasteiger charge is -2.65. The molecule has 5 atom stereocenters. The van der Waals surface area contributed by atoms with Gasteiger partial charge in [-0.15, -0.1) is 11.3 Å². The predicted molar refractivity (Wildman–Crippen MR) is 150 cm³/mol. The molecule has 0 N–H and O–H groups in total. The van der Waals surface area contributed by atoms with Gasteiger partial charge in [-0.1, -0.05) is 12.1 Å². The molecule has 6 nitrogen and oxygen atoms in total. The monoisotopic (exact) mass is 596 g/mol. The lowest BCUT2D eigenvalue weighted by Crippen LogP contribution is -2.79. The zero-order chi connectivity index (χ0) is 26.2. The molecule has 5 aliphatic rings. The SMILES string of the molecule is CC(=O)O[C@@]12CC[C@@H](N(C)C(=O)/C=C/c3cc(Br)cs3)[C@@H]3Oc4cccc5c4[C@@]31CCN(CC1CC1)[C@@H]2C5. The summed E-state index contributed by atoms with van der Waals surface area (Å²) in [5.74, 6) is 1.42. The van der Waals surface area contributed by atoms with Crippen LogP contribution in [-0.4, -0.2) is 65.6 Å². The van der Waals surface area contributed by atoms with Crippen LogP contribution in [0.1, 0.15) is 55.0 Å². The van der Waals surface area contributed by atoms with E-state index in [4.69, 9.17) is 9.47 Å². The Morgan fingerprint density at radius 1 is 1.29 bits per heavy atom. The average molecular weight is 598 g/mol. The number of amides is 1. The van der Waals surface area contributed by atoms with Crippen LogP contribution >= 0.6 is 27.3 Å². The normalized spacial score (nSPS) is 33.1. The maximum Gasteiger partial charge on any atom is 0.303 e. The summed E-state index contributed by atoms with van der Waals surface area (Å²) in [5.41, 5.74) is 1.46. The second kappa shape index (κ2) is 8.93. The number of hydrogen-bond acceptors (Lipinski definition) is 6. The van der Waals surface area contributed by atoms with E-state index in [0.29, 0.717) is 0 Å². The summed E-state index contributed by atoms with van der Waals surface area (Å²) in [5, 5.41) is 2.01. The number of piperidine rings is 1. The molecule has 8 heteroatoms. The van der Waals surface area contributed by atoms with Crippen LogP contribution in [0.3, 0.4) is 0 Å². The zero-order valence-electron chi connectivity index (χ0n) is 21.8. The van der Waals surface area contributed by atoms with Crippen molar-refractivity contribution in [1.29, 1.82) is 0 Å². The van der Waals surface area contributed by atoms with Crippen molar-refractivity contribution in [1.82, 2.24) is 9.80 Å². The van der Waals surface area contributed by atoms with Gasteiger partial charge in [-0.2, -0.15) is 0 Å². The van der Waals surface area contributed by atoms with Gasteiger partial charge in [0.25, 0.3) is 0 Å². The van der Waals surface area contributed by atoms with Gasteiger partial charge in [-0.3, -0.25) is 14.5 Å². The average Bonchev–Trinajstić information content (AvgIpc) is 3.50. The summed E-state index contributed by atoms with van der Waals surface area (Å²) in [6, 6.07) is 8.42. The van der Waals surface area contributed by atoms with Gasteiger partial charge >= 0.3 is 5.97 Å².